The standard InChI is InChI=1S/C15H12O2.C14H12O.C9H7F3N2.C7H3F4N3/c1-9-6-7-12-13(8-9)15(17)11-5-3-2-4-10(11)14(12)16;1-11-6-5-9-13(10-11)14(15)12-7-3-2-4-8-12;1-6-2-4-7(5-3-6)8(13-14-8)9(10,11)12;1-2-3(8)5(10)7(13-14-12)6(11)4(2)9/h2-8,12-13H,1H3;2-10H,1H3;2-5H,1H3;1H3. The summed E-state index contributed by atoms with van der Waals surface area (Å²) in [5, 5.41) is 8.73. The fourth-order valence-corrected chi connectivity index (χ4v) is 6.21. The first kappa shape index (κ1) is 44.1. The van der Waals surface area contributed by atoms with Crippen LogP contribution < -0.4 is 0 Å². The van der Waals surface area contributed by atoms with Crippen LogP contribution in [-0.4, -0.2) is 23.5 Å². The van der Waals surface area contributed by atoms with Crippen molar-refractivity contribution in [1.82, 2.24) is 0 Å². The van der Waals surface area contributed by atoms with Gasteiger partial charge in [-0.15, -0.1) is 10.2 Å². The minimum absolute atomic E-state index is 0.0604. The number of hydrogen-bond donors (Lipinski definition) is 0. The number of Topliss-reactive ketones (excluding diaryl/α,β-unsaturated/α-hetero) is 2. The second kappa shape index (κ2) is 18.3. The minimum Gasteiger partial charge on any atom is -0.293 e. The lowest BCUT2D eigenvalue weighted by molar-refractivity contribution is -0.166. The summed E-state index contributed by atoms with van der Waals surface area (Å²) in [5.41, 5.74) is 9.30. The van der Waals surface area contributed by atoms with Gasteiger partial charge in [0.2, 0.25) is 0 Å². The molecule has 0 fully saturated rings. The Morgan fingerprint density at radius 1 is 0.683 bits per heavy atom. The zero-order chi connectivity index (χ0) is 43.9. The van der Waals surface area contributed by atoms with E-state index in [-0.39, 0.29) is 34.7 Å². The maximum Gasteiger partial charge on any atom is 0.442 e. The number of hydrogen-bond acceptors (Lipinski definition) is 6. The van der Waals surface area contributed by atoms with Crippen LogP contribution in [0.1, 0.15) is 65.8 Å². The average molecular weight is 826 g/mol. The molecule has 15 heteroatoms. The third-order valence-electron chi connectivity index (χ3n) is 9.53. The number of carbonyl (C=O) groups is 3. The molecule has 2 atom stereocenters. The summed E-state index contributed by atoms with van der Waals surface area (Å²) < 4.78 is 88.8. The Hall–Kier alpha value is -6.99. The Morgan fingerprint density at radius 2 is 1.22 bits per heavy atom. The van der Waals surface area contributed by atoms with Crippen LogP contribution >= 0.6 is 0 Å². The van der Waals surface area contributed by atoms with Crippen molar-refractivity contribution in [1.29, 1.82) is 0 Å². The van der Waals surface area contributed by atoms with Crippen LogP contribution in [0.15, 0.2) is 142 Å². The first-order chi connectivity index (χ1) is 28.4. The molecule has 5 aromatic carbocycles. The highest BCUT2D eigenvalue weighted by Gasteiger charge is 2.65. The van der Waals surface area contributed by atoms with Crippen LogP contribution in [-0.2, 0) is 5.66 Å². The number of azide groups is 1. The number of aryl methyl sites for hydroxylation is 2. The van der Waals surface area contributed by atoms with Crippen molar-refractivity contribution in [2.75, 3.05) is 0 Å². The maximum atomic E-state index is 12.8. The maximum absolute atomic E-state index is 12.8. The van der Waals surface area contributed by atoms with Gasteiger partial charge in [-0.3, -0.25) is 14.4 Å². The second-order valence-corrected chi connectivity index (χ2v) is 13.8. The van der Waals surface area contributed by atoms with Gasteiger partial charge >= 0.3 is 11.8 Å². The molecule has 0 N–H and O–H groups in total. The van der Waals surface area contributed by atoms with Crippen LogP contribution in [0.25, 0.3) is 10.4 Å². The number of nitrogens with zero attached hydrogens (tertiary/aromatic N) is 5. The highest BCUT2D eigenvalue weighted by Crippen LogP contribution is 2.52. The van der Waals surface area contributed by atoms with Crippen LogP contribution in [0.5, 0.6) is 0 Å². The van der Waals surface area contributed by atoms with Gasteiger partial charge in [0.1, 0.15) is 5.69 Å². The van der Waals surface area contributed by atoms with E-state index in [1.54, 1.807) is 36.4 Å². The van der Waals surface area contributed by atoms with Crippen molar-refractivity contribution >= 4 is 23.0 Å². The molecule has 60 heavy (non-hydrogen) atoms. The normalized spacial score (nSPS) is 16.5. The molecule has 0 saturated heterocycles. The number of carbonyl (C=O) groups excluding carboxylic acids is 3. The van der Waals surface area contributed by atoms with Gasteiger partial charge in [-0.25, -0.2) is 17.6 Å². The summed E-state index contributed by atoms with van der Waals surface area (Å²) >= 11 is 0. The zero-order valence-corrected chi connectivity index (χ0v) is 32.3. The van der Waals surface area contributed by atoms with Gasteiger partial charge in [-0.2, -0.15) is 13.2 Å². The molecule has 5 aromatic rings. The molecule has 8 nitrogen and oxygen atoms in total. The predicted octanol–water partition coefficient (Wildman–Crippen LogP) is 12.7. The van der Waals surface area contributed by atoms with Crippen molar-refractivity contribution in [3.05, 3.63) is 205 Å². The fourth-order valence-electron chi connectivity index (χ4n) is 6.21. The smallest absolute Gasteiger partial charge is 0.293 e. The number of halogens is 7. The Bertz CT molecular complexity index is 2560. The summed E-state index contributed by atoms with van der Waals surface area (Å²) in [7, 11) is 0. The van der Waals surface area contributed by atoms with E-state index in [0.717, 1.165) is 34.8 Å². The number of allylic oxidation sites excluding steroid dienone is 4. The first-order valence-corrected chi connectivity index (χ1v) is 18.1. The predicted molar refractivity (Wildman–Crippen MR) is 210 cm³/mol. The third kappa shape index (κ3) is 9.48. The molecular weight excluding hydrogens is 792 g/mol. The van der Waals surface area contributed by atoms with Gasteiger partial charge in [0.15, 0.2) is 40.6 Å². The molecule has 3 aliphatic rings. The molecule has 2 unspecified atom stereocenters. The van der Waals surface area contributed by atoms with Crippen molar-refractivity contribution < 1.29 is 45.1 Å². The van der Waals surface area contributed by atoms with E-state index < -0.39 is 46.4 Å². The van der Waals surface area contributed by atoms with E-state index in [1.165, 1.54) is 12.1 Å². The molecule has 1 heterocycles. The minimum atomic E-state index is -4.43. The van der Waals surface area contributed by atoms with Gasteiger partial charge < -0.3 is 0 Å². The lowest BCUT2D eigenvalue weighted by Gasteiger charge is -2.29. The summed E-state index contributed by atoms with van der Waals surface area (Å²) in [5.74, 6) is -6.92. The van der Waals surface area contributed by atoms with Gasteiger partial charge in [0.25, 0.3) is 0 Å². The Kier molecular flexibility index (Phi) is 13.5. The summed E-state index contributed by atoms with van der Waals surface area (Å²) in [6.45, 7) is 6.62. The van der Waals surface area contributed by atoms with Crippen molar-refractivity contribution in [2.24, 2.45) is 27.2 Å². The molecule has 8 rings (SSSR count). The topological polar surface area (TPSA) is 125 Å². The van der Waals surface area contributed by atoms with Crippen LogP contribution in [0.3, 0.4) is 0 Å². The number of fused-ring (bicyclic) bond motifs is 2. The molecule has 0 radical (unpaired) electrons. The molecule has 0 saturated carbocycles. The molecule has 0 aromatic heterocycles. The second-order valence-electron chi connectivity index (χ2n) is 13.8. The molecule has 0 bridgehead atoms. The average Bonchev–Trinajstić information content (AvgIpc) is 4.07. The van der Waals surface area contributed by atoms with Gasteiger partial charge in [0.05, 0.1) is 11.8 Å². The van der Waals surface area contributed by atoms with Crippen molar-refractivity contribution in [3.8, 4) is 0 Å². The lowest BCUT2D eigenvalue weighted by Crippen LogP contribution is -2.35. The molecule has 306 valence electrons. The molecule has 0 spiro atoms. The number of alkyl halides is 3. The largest absolute Gasteiger partial charge is 0.442 e. The Morgan fingerprint density at radius 3 is 1.73 bits per heavy atom. The Labute approximate surface area is 339 Å². The zero-order valence-electron chi connectivity index (χ0n) is 32.3. The summed E-state index contributed by atoms with van der Waals surface area (Å²) in [6, 6.07) is 30.1. The molecule has 1 aliphatic heterocycles. The van der Waals surface area contributed by atoms with Crippen LogP contribution in [0.2, 0.25) is 0 Å². The van der Waals surface area contributed by atoms with Crippen molar-refractivity contribution in [3.63, 3.8) is 0 Å². The van der Waals surface area contributed by atoms with Crippen LogP contribution in [0, 0.1) is 55.9 Å². The SMILES string of the molecule is CC1=CC2C(=O)c3ccccc3C(=O)C2C=C1.Cc1c(F)c(F)c(N=[N+]=[N-])c(F)c1F.Cc1ccc(C2(C(F)(F)F)N=N2)cc1.Cc1cccc(C(=O)c2ccccc2)c1. The third-order valence-corrected chi connectivity index (χ3v) is 9.53. The van der Waals surface area contributed by atoms with E-state index in [4.69, 9.17) is 5.53 Å². The van der Waals surface area contributed by atoms with E-state index in [9.17, 15) is 45.1 Å². The molecule has 2 aliphatic carbocycles. The van der Waals surface area contributed by atoms with Gasteiger partial charge in [0, 0.05) is 38.3 Å². The summed E-state index contributed by atoms with van der Waals surface area (Å²) in [6.07, 6.45) is 1.25. The van der Waals surface area contributed by atoms with Crippen LogP contribution in [0.4, 0.5) is 36.4 Å². The number of ketones is 3. The van der Waals surface area contributed by atoms with E-state index in [2.05, 4.69) is 20.3 Å². The highest BCUT2D eigenvalue weighted by atomic mass is 19.4. The van der Waals surface area contributed by atoms with Crippen molar-refractivity contribution in [2.45, 2.75) is 39.5 Å². The van der Waals surface area contributed by atoms with Gasteiger partial charge in [-0.1, -0.05) is 137 Å². The van der Waals surface area contributed by atoms with Gasteiger partial charge in [-0.05, 0) is 39.3 Å². The molecular formula is C45H34F7N5O3. The highest BCUT2D eigenvalue weighted by molar-refractivity contribution is 6.17. The lowest BCUT2D eigenvalue weighted by atomic mass is 9.71. The summed E-state index contributed by atoms with van der Waals surface area (Å²) in [4.78, 5) is 38.6. The molecule has 0 amide bonds. The van der Waals surface area contributed by atoms with E-state index >= 15 is 0 Å². The quantitative estimate of drug-likeness (QED) is 0.0447. The number of benzene rings is 5. The first-order valence-electron chi connectivity index (χ1n) is 18.1. The Balaban J connectivity index is 0.000000152. The fraction of sp³-hybridized carbons (Fsp3) is 0.178. The number of rotatable bonds is 4. The van der Waals surface area contributed by atoms with E-state index in [0.29, 0.717) is 11.1 Å². The monoisotopic (exact) mass is 825 g/mol. The van der Waals surface area contributed by atoms with E-state index in [1.807, 2.05) is 93.6 Å².